The summed E-state index contributed by atoms with van der Waals surface area (Å²) in [5.41, 5.74) is 0.516. The van der Waals surface area contributed by atoms with E-state index < -0.39 is 0 Å². The Labute approximate surface area is 88.0 Å². The van der Waals surface area contributed by atoms with Crippen LogP contribution in [-0.4, -0.2) is 19.5 Å². The Bertz CT molecular complexity index is 382. The van der Waals surface area contributed by atoms with Crippen LogP contribution in [0.4, 0.5) is 0 Å². The molecule has 0 saturated heterocycles. The minimum Gasteiger partial charge on any atom is -0.490 e. The first-order valence-electron chi connectivity index (χ1n) is 4.53. The van der Waals surface area contributed by atoms with Gasteiger partial charge < -0.3 is 9.47 Å². The molecule has 0 aromatic heterocycles. The third kappa shape index (κ3) is 2.99. The molecular weight excluding hydrogens is 194 g/mol. The lowest BCUT2D eigenvalue weighted by Crippen LogP contribution is -1.99. The van der Waals surface area contributed by atoms with Crippen LogP contribution in [0.1, 0.15) is 17.3 Å². The molecule has 78 valence electrons. The fourth-order valence-corrected chi connectivity index (χ4v) is 1.10. The third-order valence-electron chi connectivity index (χ3n) is 1.70. The average Bonchev–Trinajstić information content (AvgIpc) is 2.27. The summed E-state index contributed by atoms with van der Waals surface area (Å²) in [4.78, 5) is 10.5. The van der Waals surface area contributed by atoms with Gasteiger partial charge in [0.2, 0.25) is 0 Å². The zero-order valence-electron chi connectivity index (χ0n) is 8.40. The summed E-state index contributed by atoms with van der Waals surface area (Å²) in [7, 11) is 0. The zero-order valence-corrected chi connectivity index (χ0v) is 8.40. The molecule has 0 fully saturated rings. The SMILES string of the molecule is CCOc1cc(C=O)ccc1OCC#N. The van der Waals surface area contributed by atoms with E-state index in [4.69, 9.17) is 14.7 Å². The number of ether oxygens (including phenoxy) is 2. The molecule has 0 atom stereocenters. The molecule has 0 aliphatic carbocycles. The summed E-state index contributed by atoms with van der Waals surface area (Å²) in [6.07, 6.45) is 0.733. The highest BCUT2D eigenvalue weighted by molar-refractivity contribution is 5.76. The van der Waals surface area contributed by atoms with E-state index in [0.29, 0.717) is 23.7 Å². The number of rotatable bonds is 5. The predicted octanol–water partition coefficient (Wildman–Crippen LogP) is 1.80. The molecule has 0 saturated carbocycles. The van der Waals surface area contributed by atoms with Gasteiger partial charge in [-0.3, -0.25) is 4.79 Å². The highest BCUT2D eigenvalue weighted by Gasteiger charge is 2.05. The van der Waals surface area contributed by atoms with Crippen molar-refractivity contribution < 1.29 is 14.3 Å². The smallest absolute Gasteiger partial charge is 0.174 e. The Hall–Kier alpha value is -2.02. The van der Waals surface area contributed by atoms with Gasteiger partial charge in [-0.15, -0.1) is 0 Å². The molecule has 0 bridgehead atoms. The number of hydrogen-bond acceptors (Lipinski definition) is 4. The second kappa shape index (κ2) is 5.66. The third-order valence-corrected chi connectivity index (χ3v) is 1.70. The number of nitriles is 1. The number of carbonyl (C=O) groups is 1. The van der Waals surface area contributed by atoms with Crippen molar-refractivity contribution in [3.05, 3.63) is 23.8 Å². The Kier molecular flexibility index (Phi) is 4.17. The minimum absolute atomic E-state index is 0.0412. The van der Waals surface area contributed by atoms with Crippen LogP contribution in [0.3, 0.4) is 0 Å². The fourth-order valence-electron chi connectivity index (χ4n) is 1.10. The first-order chi connectivity index (χ1) is 7.31. The molecule has 0 spiro atoms. The van der Waals surface area contributed by atoms with E-state index >= 15 is 0 Å². The van der Waals surface area contributed by atoms with Gasteiger partial charge in [-0.2, -0.15) is 5.26 Å². The maximum Gasteiger partial charge on any atom is 0.174 e. The van der Waals surface area contributed by atoms with Crippen molar-refractivity contribution in [3.8, 4) is 17.6 Å². The van der Waals surface area contributed by atoms with Crippen LogP contribution in [-0.2, 0) is 0 Å². The molecule has 0 aliphatic rings. The Morgan fingerprint density at radius 3 is 2.80 bits per heavy atom. The van der Waals surface area contributed by atoms with Gasteiger partial charge >= 0.3 is 0 Å². The van der Waals surface area contributed by atoms with Crippen molar-refractivity contribution in [1.29, 1.82) is 5.26 Å². The van der Waals surface area contributed by atoms with Crippen molar-refractivity contribution in [2.75, 3.05) is 13.2 Å². The van der Waals surface area contributed by atoms with Crippen molar-refractivity contribution in [2.45, 2.75) is 6.92 Å². The summed E-state index contributed by atoms with van der Waals surface area (Å²) < 4.78 is 10.4. The summed E-state index contributed by atoms with van der Waals surface area (Å²) in [5, 5.41) is 8.38. The topological polar surface area (TPSA) is 59.3 Å². The van der Waals surface area contributed by atoms with Gasteiger partial charge in [0.05, 0.1) is 6.61 Å². The van der Waals surface area contributed by atoms with Crippen LogP contribution >= 0.6 is 0 Å². The molecule has 4 nitrogen and oxygen atoms in total. The van der Waals surface area contributed by atoms with Crippen LogP contribution in [0.15, 0.2) is 18.2 Å². The van der Waals surface area contributed by atoms with Gasteiger partial charge in [-0.25, -0.2) is 0 Å². The zero-order chi connectivity index (χ0) is 11.1. The van der Waals surface area contributed by atoms with E-state index in [2.05, 4.69) is 0 Å². The van der Waals surface area contributed by atoms with E-state index in [-0.39, 0.29) is 6.61 Å². The Morgan fingerprint density at radius 1 is 1.40 bits per heavy atom. The molecule has 1 aromatic carbocycles. The molecule has 0 radical (unpaired) electrons. The number of benzene rings is 1. The largest absolute Gasteiger partial charge is 0.490 e. The van der Waals surface area contributed by atoms with Crippen LogP contribution in [0.2, 0.25) is 0 Å². The van der Waals surface area contributed by atoms with Gasteiger partial charge in [-0.05, 0) is 25.1 Å². The number of hydrogen-bond donors (Lipinski definition) is 0. The monoisotopic (exact) mass is 205 g/mol. The van der Waals surface area contributed by atoms with Crippen molar-refractivity contribution in [1.82, 2.24) is 0 Å². The molecular formula is C11H11NO3. The van der Waals surface area contributed by atoms with Gasteiger partial charge in [-0.1, -0.05) is 0 Å². The summed E-state index contributed by atoms with van der Waals surface area (Å²) in [6.45, 7) is 2.27. The van der Waals surface area contributed by atoms with Gasteiger partial charge in [0.15, 0.2) is 18.1 Å². The molecule has 0 N–H and O–H groups in total. The van der Waals surface area contributed by atoms with Gasteiger partial charge in [0.1, 0.15) is 12.4 Å². The molecule has 0 aliphatic heterocycles. The van der Waals surface area contributed by atoms with Crippen LogP contribution in [0, 0.1) is 11.3 Å². The fraction of sp³-hybridized carbons (Fsp3) is 0.273. The summed E-state index contributed by atoms with van der Waals surface area (Å²) in [5.74, 6) is 0.960. The van der Waals surface area contributed by atoms with Crippen LogP contribution in [0.25, 0.3) is 0 Å². The van der Waals surface area contributed by atoms with E-state index in [9.17, 15) is 4.79 Å². The molecule has 15 heavy (non-hydrogen) atoms. The second-order valence-electron chi connectivity index (χ2n) is 2.70. The molecule has 0 unspecified atom stereocenters. The maximum atomic E-state index is 10.5. The van der Waals surface area contributed by atoms with Crippen LogP contribution in [0.5, 0.6) is 11.5 Å². The van der Waals surface area contributed by atoms with E-state index in [1.54, 1.807) is 18.2 Å². The molecule has 1 rings (SSSR count). The first kappa shape index (κ1) is 11.1. The summed E-state index contributed by atoms with van der Waals surface area (Å²) >= 11 is 0. The molecule has 0 amide bonds. The highest BCUT2D eigenvalue weighted by atomic mass is 16.5. The standard InChI is InChI=1S/C11H11NO3/c1-2-14-11-7-9(8-13)3-4-10(11)15-6-5-12/h3-4,7-8H,2,6H2,1H3. The van der Waals surface area contributed by atoms with E-state index in [0.717, 1.165) is 6.29 Å². The Morgan fingerprint density at radius 2 is 2.20 bits per heavy atom. The quantitative estimate of drug-likeness (QED) is 0.688. The lowest BCUT2D eigenvalue weighted by molar-refractivity contribution is 0.112. The second-order valence-corrected chi connectivity index (χ2v) is 2.70. The predicted molar refractivity (Wildman–Crippen MR) is 54.1 cm³/mol. The Balaban J connectivity index is 2.93. The van der Waals surface area contributed by atoms with Gasteiger partial charge in [0, 0.05) is 5.56 Å². The number of nitrogens with zero attached hydrogens (tertiary/aromatic N) is 1. The van der Waals surface area contributed by atoms with Gasteiger partial charge in [0.25, 0.3) is 0 Å². The lowest BCUT2D eigenvalue weighted by Gasteiger charge is -2.09. The number of aldehydes is 1. The molecule has 0 heterocycles. The van der Waals surface area contributed by atoms with Crippen molar-refractivity contribution >= 4 is 6.29 Å². The van der Waals surface area contributed by atoms with Crippen molar-refractivity contribution in [3.63, 3.8) is 0 Å². The average molecular weight is 205 g/mol. The maximum absolute atomic E-state index is 10.5. The van der Waals surface area contributed by atoms with Crippen LogP contribution < -0.4 is 9.47 Å². The summed E-state index contributed by atoms with van der Waals surface area (Å²) in [6, 6.07) is 6.68. The van der Waals surface area contributed by atoms with E-state index in [1.807, 2.05) is 13.0 Å². The normalized spacial score (nSPS) is 9.07. The van der Waals surface area contributed by atoms with E-state index in [1.165, 1.54) is 0 Å². The minimum atomic E-state index is -0.0412. The highest BCUT2D eigenvalue weighted by Crippen LogP contribution is 2.27. The first-order valence-corrected chi connectivity index (χ1v) is 4.53. The number of carbonyl (C=O) groups excluding carboxylic acids is 1. The lowest BCUT2D eigenvalue weighted by atomic mass is 10.2. The van der Waals surface area contributed by atoms with Crippen molar-refractivity contribution in [2.24, 2.45) is 0 Å². The molecule has 1 aromatic rings. The molecule has 4 heteroatoms.